The molecule has 0 spiro atoms. The van der Waals surface area contributed by atoms with Crippen molar-refractivity contribution in [2.45, 2.75) is 32.5 Å². The predicted molar refractivity (Wildman–Crippen MR) is 95.5 cm³/mol. The van der Waals surface area contributed by atoms with E-state index in [2.05, 4.69) is 24.8 Å². The second kappa shape index (κ2) is 7.52. The molecule has 3 rings (SSSR count). The maximum Gasteiger partial charge on any atom is 0.127 e. The first-order valence-electron chi connectivity index (χ1n) is 8.31. The summed E-state index contributed by atoms with van der Waals surface area (Å²) < 4.78 is 11.8. The lowest BCUT2D eigenvalue weighted by molar-refractivity contribution is -0.0686. The molecule has 0 aromatic heterocycles. The number of benzene rings is 2. The molecular formula is C19H24ClNO2. The zero-order chi connectivity index (χ0) is 16.2. The Morgan fingerprint density at radius 2 is 1.78 bits per heavy atom. The zero-order valence-electron chi connectivity index (χ0n) is 13.8. The van der Waals surface area contributed by atoms with E-state index in [1.54, 1.807) is 0 Å². The summed E-state index contributed by atoms with van der Waals surface area (Å²) in [7, 11) is 0. The molecule has 2 aromatic rings. The Morgan fingerprint density at radius 3 is 2.52 bits per heavy atom. The summed E-state index contributed by atoms with van der Waals surface area (Å²) in [6, 6.07) is 12.0. The average molecular weight is 334 g/mol. The molecule has 2 unspecified atom stereocenters. The lowest BCUT2D eigenvalue weighted by Gasteiger charge is -2.35. The van der Waals surface area contributed by atoms with Crippen LogP contribution in [0.3, 0.4) is 0 Å². The van der Waals surface area contributed by atoms with Crippen molar-refractivity contribution in [1.29, 1.82) is 0 Å². The van der Waals surface area contributed by atoms with E-state index in [1.165, 1.54) is 0 Å². The van der Waals surface area contributed by atoms with Crippen molar-refractivity contribution in [3.05, 3.63) is 41.4 Å². The third-order valence-corrected chi connectivity index (χ3v) is 4.53. The van der Waals surface area contributed by atoms with Gasteiger partial charge in [0, 0.05) is 35.4 Å². The minimum Gasteiger partial charge on any atom is -0.493 e. The highest BCUT2D eigenvalue weighted by atomic mass is 35.5. The Labute approximate surface area is 143 Å². The molecule has 1 aliphatic rings. The van der Waals surface area contributed by atoms with Gasteiger partial charge >= 0.3 is 0 Å². The van der Waals surface area contributed by atoms with Gasteiger partial charge in [0.25, 0.3) is 0 Å². The van der Waals surface area contributed by atoms with E-state index in [0.29, 0.717) is 18.8 Å². The Balaban J connectivity index is 1.54. The van der Waals surface area contributed by atoms with Crippen LogP contribution in [0.4, 0.5) is 0 Å². The molecule has 2 aromatic carbocycles. The van der Waals surface area contributed by atoms with E-state index in [0.717, 1.165) is 47.6 Å². The molecule has 0 aliphatic carbocycles. The second-order valence-corrected chi connectivity index (χ2v) is 6.72. The summed E-state index contributed by atoms with van der Waals surface area (Å²) in [5.41, 5.74) is 0. The van der Waals surface area contributed by atoms with E-state index in [1.807, 2.05) is 30.3 Å². The van der Waals surface area contributed by atoms with Crippen LogP contribution in [0.2, 0.25) is 5.02 Å². The highest BCUT2D eigenvalue weighted by Gasteiger charge is 2.21. The highest BCUT2D eigenvalue weighted by Crippen LogP contribution is 2.31. The van der Waals surface area contributed by atoms with Crippen LogP contribution in [0, 0.1) is 0 Å². The monoisotopic (exact) mass is 333 g/mol. The molecule has 0 N–H and O–H groups in total. The average Bonchev–Trinajstić information content (AvgIpc) is 2.53. The van der Waals surface area contributed by atoms with Gasteiger partial charge in [0.15, 0.2) is 0 Å². The SMILES string of the molecule is CC1CN(CCCOc2ccc(Cl)c3ccccc23)CC(C)O1. The fraction of sp³-hybridized carbons (Fsp3) is 0.474. The zero-order valence-corrected chi connectivity index (χ0v) is 14.6. The molecule has 3 nitrogen and oxygen atoms in total. The fourth-order valence-electron chi connectivity index (χ4n) is 3.30. The Morgan fingerprint density at radius 1 is 1.09 bits per heavy atom. The van der Waals surface area contributed by atoms with Gasteiger partial charge in [-0.2, -0.15) is 0 Å². The standard InChI is InChI=1S/C19H24ClNO2/c1-14-12-21(13-15(2)23-14)10-5-11-22-19-9-8-18(20)16-6-3-4-7-17(16)19/h3-4,6-9,14-15H,5,10-13H2,1-2H3. The molecule has 4 heteroatoms. The number of fused-ring (bicyclic) bond motifs is 1. The van der Waals surface area contributed by atoms with Gasteiger partial charge in [0.1, 0.15) is 5.75 Å². The molecule has 0 radical (unpaired) electrons. The summed E-state index contributed by atoms with van der Waals surface area (Å²) in [6.45, 7) is 8.05. The smallest absolute Gasteiger partial charge is 0.127 e. The Hall–Kier alpha value is -1.29. The van der Waals surface area contributed by atoms with Gasteiger partial charge in [0.05, 0.1) is 18.8 Å². The number of hydrogen-bond donors (Lipinski definition) is 0. The molecule has 0 saturated carbocycles. The van der Waals surface area contributed by atoms with Crippen LogP contribution in [0.1, 0.15) is 20.3 Å². The normalized spacial score (nSPS) is 22.4. The molecule has 1 saturated heterocycles. The number of halogens is 1. The van der Waals surface area contributed by atoms with Crippen LogP contribution in [-0.2, 0) is 4.74 Å². The number of morpholine rings is 1. The van der Waals surface area contributed by atoms with Crippen LogP contribution in [0.25, 0.3) is 10.8 Å². The maximum atomic E-state index is 6.25. The Kier molecular flexibility index (Phi) is 5.42. The number of nitrogens with zero attached hydrogens (tertiary/aromatic N) is 1. The summed E-state index contributed by atoms with van der Waals surface area (Å²) in [6.07, 6.45) is 1.65. The predicted octanol–water partition coefficient (Wildman–Crippen LogP) is 4.37. The first-order valence-corrected chi connectivity index (χ1v) is 8.69. The molecule has 23 heavy (non-hydrogen) atoms. The first-order chi connectivity index (χ1) is 11.1. The quantitative estimate of drug-likeness (QED) is 0.758. The Bertz CT molecular complexity index is 651. The van der Waals surface area contributed by atoms with Crippen LogP contribution in [0.15, 0.2) is 36.4 Å². The van der Waals surface area contributed by atoms with E-state index in [-0.39, 0.29) is 0 Å². The third-order valence-electron chi connectivity index (χ3n) is 4.20. The summed E-state index contributed by atoms with van der Waals surface area (Å²) in [5.74, 6) is 0.911. The van der Waals surface area contributed by atoms with Gasteiger partial charge in [-0.25, -0.2) is 0 Å². The molecule has 1 heterocycles. The minimum absolute atomic E-state index is 0.319. The van der Waals surface area contributed by atoms with Crippen molar-refractivity contribution in [1.82, 2.24) is 4.90 Å². The van der Waals surface area contributed by atoms with Crippen molar-refractivity contribution >= 4 is 22.4 Å². The van der Waals surface area contributed by atoms with E-state index in [9.17, 15) is 0 Å². The summed E-state index contributed by atoms with van der Waals surface area (Å²) in [4.78, 5) is 2.46. The highest BCUT2D eigenvalue weighted by molar-refractivity contribution is 6.35. The third kappa shape index (κ3) is 4.17. The molecule has 124 valence electrons. The number of rotatable bonds is 5. The second-order valence-electron chi connectivity index (χ2n) is 6.31. The molecular weight excluding hydrogens is 310 g/mol. The van der Waals surface area contributed by atoms with Crippen molar-refractivity contribution in [3.63, 3.8) is 0 Å². The summed E-state index contributed by atoms with van der Waals surface area (Å²) >= 11 is 6.25. The lowest BCUT2D eigenvalue weighted by Crippen LogP contribution is -2.45. The fourth-order valence-corrected chi connectivity index (χ4v) is 3.53. The van der Waals surface area contributed by atoms with Gasteiger partial charge in [0.2, 0.25) is 0 Å². The minimum atomic E-state index is 0.319. The van der Waals surface area contributed by atoms with Crippen molar-refractivity contribution in [3.8, 4) is 5.75 Å². The van der Waals surface area contributed by atoms with Gasteiger partial charge in [-0.15, -0.1) is 0 Å². The van der Waals surface area contributed by atoms with Crippen LogP contribution >= 0.6 is 11.6 Å². The largest absolute Gasteiger partial charge is 0.493 e. The van der Waals surface area contributed by atoms with Crippen molar-refractivity contribution < 1.29 is 9.47 Å². The topological polar surface area (TPSA) is 21.7 Å². The molecule has 0 amide bonds. The summed E-state index contributed by atoms with van der Waals surface area (Å²) in [5, 5.41) is 2.89. The van der Waals surface area contributed by atoms with Crippen molar-refractivity contribution in [2.24, 2.45) is 0 Å². The van der Waals surface area contributed by atoms with Crippen molar-refractivity contribution in [2.75, 3.05) is 26.2 Å². The molecule has 1 aliphatic heterocycles. The molecule has 1 fully saturated rings. The molecule has 0 bridgehead atoms. The number of hydrogen-bond acceptors (Lipinski definition) is 3. The van der Waals surface area contributed by atoms with Gasteiger partial charge in [-0.05, 0) is 32.4 Å². The van der Waals surface area contributed by atoms with Crippen LogP contribution in [-0.4, -0.2) is 43.3 Å². The molecule has 2 atom stereocenters. The van der Waals surface area contributed by atoms with E-state index < -0.39 is 0 Å². The number of ether oxygens (including phenoxy) is 2. The van der Waals surface area contributed by atoms with E-state index >= 15 is 0 Å². The van der Waals surface area contributed by atoms with Gasteiger partial charge in [-0.1, -0.05) is 35.9 Å². The van der Waals surface area contributed by atoms with Crippen LogP contribution < -0.4 is 4.74 Å². The maximum absolute atomic E-state index is 6.25. The van der Waals surface area contributed by atoms with Gasteiger partial charge in [-0.3, -0.25) is 4.90 Å². The van der Waals surface area contributed by atoms with Gasteiger partial charge < -0.3 is 9.47 Å². The van der Waals surface area contributed by atoms with E-state index in [4.69, 9.17) is 21.1 Å². The lowest BCUT2D eigenvalue weighted by atomic mass is 10.1. The first kappa shape index (κ1) is 16.6. The van der Waals surface area contributed by atoms with Crippen LogP contribution in [0.5, 0.6) is 5.75 Å².